The second-order valence-electron chi connectivity index (χ2n) is 4.66. The van der Waals surface area contributed by atoms with Crippen molar-refractivity contribution in [3.8, 4) is 0 Å². The summed E-state index contributed by atoms with van der Waals surface area (Å²) in [7, 11) is 2.06. The van der Waals surface area contributed by atoms with Gasteiger partial charge in [-0.15, -0.1) is 0 Å². The van der Waals surface area contributed by atoms with Gasteiger partial charge in [-0.2, -0.15) is 4.74 Å². The minimum Gasteiger partial charge on any atom is -0.619 e. The highest BCUT2D eigenvalue weighted by molar-refractivity contribution is 6.02. The molecule has 1 heterocycles. The normalized spacial score (nSPS) is 24.6. The van der Waals surface area contributed by atoms with Crippen molar-refractivity contribution in [2.75, 3.05) is 13.7 Å². The van der Waals surface area contributed by atoms with Crippen molar-refractivity contribution >= 4 is 5.71 Å². The lowest BCUT2D eigenvalue weighted by molar-refractivity contribution is -0.960. The van der Waals surface area contributed by atoms with Gasteiger partial charge in [-0.1, -0.05) is 18.2 Å². The molecule has 1 aliphatic heterocycles. The van der Waals surface area contributed by atoms with Crippen molar-refractivity contribution < 1.29 is 9.64 Å². The van der Waals surface area contributed by atoms with Crippen LogP contribution in [0.2, 0.25) is 0 Å². The highest BCUT2D eigenvalue weighted by Gasteiger charge is 2.47. The van der Waals surface area contributed by atoms with Crippen molar-refractivity contribution in [1.29, 1.82) is 0 Å². The van der Waals surface area contributed by atoms with E-state index in [1.54, 1.807) is 0 Å². The molecule has 0 aliphatic carbocycles. The monoisotopic (exact) mass is 205 g/mol. The maximum atomic E-state index is 11.9. The zero-order valence-corrected chi connectivity index (χ0v) is 9.45. The van der Waals surface area contributed by atoms with Crippen LogP contribution in [0.1, 0.15) is 19.4 Å². The molecule has 1 unspecified atom stereocenters. The van der Waals surface area contributed by atoms with E-state index >= 15 is 0 Å². The predicted molar refractivity (Wildman–Crippen MR) is 60.0 cm³/mol. The number of quaternary nitrogens is 1. The first-order valence-corrected chi connectivity index (χ1v) is 5.24. The number of benzene rings is 1. The summed E-state index contributed by atoms with van der Waals surface area (Å²) in [5, 5.41) is 11.9. The van der Waals surface area contributed by atoms with Crippen LogP contribution in [-0.2, 0) is 0 Å². The molecule has 2 rings (SSSR count). The minimum absolute atomic E-state index is 0.108. The van der Waals surface area contributed by atoms with E-state index in [0.29, 0.717) is 6.67 Å². The molecular formula is C12H17N2O+. The van der Waals surface area contributed by atoms with Gasteiger partial charge < -0.3 is 5.21 Å². The molecule has 0 radical (unpaired) electrons. The molecule has 1 aliphatic rings. The predicted octanol–water partition coefficient (Wildman–Crippen LogP) is 0.250. The molecule has 1 atom stereocenters. The van der Waals surface area contributed by atoms with E-state index in [0.717, 1.165) is 16.0 Å². The number of likely N-dealkylation sites (N-methyl/N-ethyl adjacent to an activating group) is 1. The van der Waals surface area contributed by atoms with Gasteiger partial charge in [0.05, 0.1) is 7.05 Å². The molecule has 0 aromatic heterocycles. The summed E-state index contributed by atoms with van der Waals surface area (Å²) in [6, 6.07) is 9.92. The SMILES string of the molecule is C[NH+]1C[N+]([O-])=C(c2ccccc2)C1(C)C. The Morgan fingerprint density at radius 2 is 1.87 bits per heavy atom. The van der Waals surface area contributed by atoms with Crippen LogP contribution >= 0.6 is 0 Å². The quantitative estimate of drug-likeness (QED) is 0.517. The Labute approximate surface area is 90.2 Å². The maximum absolute atomic E-state index is 11.9. The molecule has 3 nitrogen and oxygen atoms in total. The van der Waals surface area contributed by atoms with E-state index in [9.17, 15) is 5.21 Å². The molecule has 0 bridgehead atoms. The van der Waals surface area contributed by atoms with Gasteiger partial charge in [-0.25, -0.2) is 0 Å². The van der Waals surface area contributed by atoms with E-state index in [-0.39, 0.29) is 5.54 Å². The third-order valence-electron chi connectivity index (χ3n) is 3.34. The molecule has 0 spiro atoms. The third kappa shape index (κ3) is 1.53. The molecule has 15 heavy (non-hydrogen) atoms. The van der Waals surface area contributed by atoms with Gasteiger partial charge in [0.2, 0.25) is 0 Å². The zero-order chi connectivity index (χ0) is 11.1. The van der Waals surface area contributed by atoms with Crippen molar-refractivity contribution in [2.45, 2.75) is 19.4 Å². The molecular weight excluding hydrogens is 188 g/mol. The van der Waals surface area contributed by atoms with E-state index in [1.807, 2.05) is 30.3 Å². The Balaban J connectivity index is 2.49. The average Bonchev–Trinajstić information content (AvgIpc) is 2.37. The number of hydrogen-bond acceptors (Lipinski definition) is 1. The summed E-state index contributed by atoms with van der Waals surface area (Å²) in [5.74, 6) is 0. The lowest BCUT2D eigenvalue weighted by Gasteiger charge is -2.20. The van der Waals surface area contributed by atoms with Crippen LogP contribution in [0.4, 0.5) is 0 Å². The van der Waals surface area contributed by atoms with Gasteiger partial charge in [-0.05, 0) is 12.1 Å². The zero-order valence-electron chi connectivity index (χ0n) is 9.45. The maximum Gasteiger partial charge on any atom is 0.280 e. The van der Waals surface area contributed by atoms with Crippen LogP contribution in [0.5, 0.6) is 0 Å². The van der Waals surface area contributed by atoms with Gasteiger partial charge in [0, 0.05) is 19.4 Å². The van der Waals surface area contributed by atoms with Gasteiger partial charge in [0.1, 0.15) is 0 Å². The first kappa shape index (κ1) is 10.2. The highest BCUT2D eigenvalue weighted by atomic mass is 16.5. The molecule has 0 fully saturated rings. The first-order valence-electron chi connectivity index (χ1n) is 5.24. The van der Waals surface area contributed by atoms with Crippen LogP contribution in [0.25, 0.3) is 0 Å². The number of hydrogen-bond donors (Lipinski definition) is 1. The second kappa shape index (κ2) is 3.35. The smallest absolute Gasteiger partial charge is 0.280 e. The van der Waals surface area contributed by atoms with Crippen LogP contribution in [0, 0.1) is 5.21 Å². The highest BCUT2D eigenvalue weighted by Crippen LogP contribution is 2.13. The molecule has 1 N–H and O–H groups in total. The fourth-order valence-corrected chi connectivity index (χ4v) is 2.11. The fraction of sp³-hybridized carbons (Fsp3) is 0.417. The van der Waals surface area contributed by atoms with Gasteiger partial charge in [-0.3, -0.25) is 4.90 Å². The largest absolute Gasteiger partial charge is 0.619 e. The van der Waals surface area contributed by atoms with E-state index in [2.05, 4.69) is 20.9 Å². The Hall–Kier alpha value is -1.35. The summed E-state index contributed by atoms with van der Waals surface area (Å²) < 4.78 is 1.12. The van der Waals surface area contributed by atoms with Gasteiger partial charge in [0.15, 0.2) is 5.54 Å². The average molecular weight is 205 g/mol. The Kier molecular flexibility index (Phi) is 2.27. The van der Waals surface area contributed by atoms with Crippen molar-refractivity contribution in [3.63, 3.8) is 0 Å². The minimum atomic E-state index is -0.108. The Morgan fingerprint density at radius 3 is 2.33 bits per heavy atom. The molecule has 0 saturated carbocycles. The first-order chi connectivity index (χ1) is 7.03. The summed E-state index contributed by atoms with van der Waals surface area (Å²) in [5.41, 5.74) is 1.82. The molecule has 1 aromatic carbocycles. The van der Waals surface area contributed by atoms with E-state index in [4.69, 9.17) is 0 Å². The lowest BCUT2D eigenvalue weighted by Crippen LogP contribution is -3.16. The van der Waals surface area contributed by atoms with Crippen LogP contribution < -0.4 is 4.90 Å². The summed E-state index contributed by atoms with van der Waals surface area (Å²) in [6.07, 6.45) is 0. The Morgan fingerprint density at radius 1 is 1.27 bits per heavy atom. The number of hydroxylamine groups is 1. The molecule has 0 amide bonds. The molecule has 80 valence electrons. The lowest BCUT2D eigenvalue weighted by atomic mass is 9.92. The number of rotatable bonds is 1. The summed E-state index contributed by atoms with van der Waals surface area (Å²) >= 11 is 0. The Bertz CT molecular complexity index is 395. The van der Waals surface area contributed by atoms with Crippen LogP contribution in [0.15, 0.2) is 30.3 Å². The second-order valence-corrected chi connectivity index (χ2v) is 4.66. The van der Waals surface area contributed by atoms with Crippen molar-refractivity contribution in [2.24, 2.45) is 0 Å². The molecule has 3 heteroatoms. The number of nitrogens with zero attached hydrogens (tertiary/aromatic N) is 1. The van der Waals surface area contributed by atoms with Crippen LogP contribution in [0.3, 0.4) is 0 Å². The van der Waals surface area contributed by atoms with Crippen LogP contribution in [-0.4, -0.2) is 29.7 Å². The molecule has 0 saturated heterocycles. The topological polar surface area (TPSA) is 30.5 Å². The molecule has 1 aromatic rings. The van der Waals surface area contributed by atoms with Gasteiger partial charge >= 0.3 is 0 Å². The summed E-state index contributed by atoms with van der Waals surface area (Å²) in [4.78, 5) is 1.23. The van der Waals surface area contributed by atoms with E-state index in [1.165, 1.54) is 4.90 Å². The fourth-order valence-electron chi connectivity index (χ4n) is 2.11. The summed E-state index contributed by atoms with van der Waals surface area (Å²) in [6.45, 7) is 4.75. The van der Waals surface area contributed by atoms with Crippen molar-refractivity contribution in [1.82, 2.24) is 0 Å². The third-order valence-corrected chi connectivity index (χ3v) is 3.34. The standard InChI is InChI=1S/C12H16N2O/c1-12(2)11(14(15)9-13(12)3)10-7-5-4-6-8-10/h4-8H,9H2,1-3H3/p+1. The van der Waals surface area contributed by atoms with Crippen molar-refractivity contribution in [3.05, 3.63) is 41.1 Å². The number of nitrogens with one attached hydrogen (secondary N) is 1. The van der Waals surface area contributed by atoms with E-state index < -0.39 is 0 Å². The van der Waals surface area contributed by atoms with Gasteiger partial charge in [0.25, 0.3) is 12.4 Å².